The average molecular weight is 210 g/mol. The third kappa shape index (κ3) is 2.23. The van der Waals surface area contributed by atoms with Gasteiger partial charge in [0.1, 0.15) is 0 Å². The fourth-order valence-electron chi connectivity index (χ4n) is 1.71. The van der Waals surface area contributed by atoms with Crippen LogP contribution in [0.25, 0.3) is 0 Å². The van der Waals surface area contributed by atoms with Gasteiger partial charge in [0, 0.05) is 5.56 Å². The highest BCUT2D eigenvalue weighted by molar-refractivity contribution is 5.51. The lowest BCUT2D eigenvalue weighted by atomic mass is 9.93. The van der Waals surface area contributed by atoms with Crippen LogP contribution >= 0.6 is 0 Å². The van der Waals surface area contributed by atoms with E-state index in [0.29, 0.717) is 11.3 Å². The summed E-state index contributed by atoms with van der Waals surface area (Å²) in [5.74, 6) is 0.695. The number of aromatic hydroxyl groups is 1. The number of hydrogen-bond acceptors (Lipinski definition) is 3. The van der Waals surface area contributed by atoms with Crippen LogP contribution in [-0.4, -0.2) is 17.3 Å². The van der Waals surface area contributed by atoms with E-state index in [1.807, 2.05) is 19.9 Å². The van der Waals surface area contributed by atoms with Crippen LogP contribution in [0.2, 0.25) is 0 Å². The Hall–Kier alpha value is -1.22. The molecule has 0 aromatic heterocycles. The second-order valence-corrected chi connectivity index (χ2v) is 3.95. The van der Waals surface area contributed by atoms with Crippen molar-refractivity contribution in [1.82, 2.24) is 0 Å². The molecular formula is C12H18O3. The molecule has 0 fully saturated rings. The molecule has 0 spiro atoms. The lowest BCUT2D eigenvalue weighted by molar-refractivity contribution is 0.192. The number of phenols is 1. The maximum Gasteiger partial charge on any atom is 0.163 e. The van der Waals surface area contributed by atoms with E-state index in [4.69, 9.17) is 4.74 Å². The van der Waals surface area contributed by atoms with Crippen molar-refractivity contribution in [1.29, 1.82) is 0 Å². The molecule has 1 rings (SSSR count). The molecule has 0 heterocycles. The van der Waals surface area contributed by atoms with Gasteiger partial charge in [-0.05, 0) is 24.5 Å². The second-order valence-electron chi connectivity index (χ2n) is 3.95. The van der Waals surface area contributed by atoms with Crippen molar-refractivity contribution in [2.75, 3.05) is 7.11 Å². The lowest BCUT2D eigenvalue weighted by Crippen LogP contribution is -2.02. The summed E-state index contributed by atoms with van der Waals surface area (Å²) in [7, 11) is 1.50. The van der Waals surface area contributed by atoms with Crippen molar-refractivity contribution in [3.63, 3.8) is 0 Å². The van der Waals surface area contributed by atoms with Gasteiger partial charge < -0.3 is 14.9 Å². The second kappa shape index (κ2) is 4.53. The molecule has 0 aliphatic heterocycles. The maximum absolute atomic E-state index is 9.90. The van der Waals surface area contributed by atoms with Gasteiger partial charge in [0.25, 0.3) is 0 Å². The molecule has 1 atom stereocenters. The van der Waals surface area contributed by atoms with E-state index in [1.54, 1.807) is 13.0 Å². The highest BCUT2D eigenvalue weighted by Gasteiger charge is 2.18. The van der Waals surface area contributed by atoms with Crippen molar-refractivity contribution in [3.8, 4) is 11.5 Å². The van der Waals surface area contributed by atoms with Gasteiger partial charge in [-0.25, -0.2) is 0 Å². The van der Waals surface area contributed by atoms with Gasteiger partial charge in [0.2, 0.25) is 0 Å². The first-order chi connectivity index (χ1) is 6.99. The van der Waals surface area contributed by atoms with E-state index in [0.717, 1.165) is 5.56 Å². The minimum atomic E-state index is -0.697. The third-order valence-corrected chi connectivity index (χ3v) is 2.47. The molecule has 3 heteroatoms. The van der Waals surface area contributed by atoms with Gasteiger partial charge in [-0.15, -0.1) is 0 Å². The van der Waals surface area contributed by atoms with Gasteiger partial charge >= 0.3 is 0 Å². The molecule has 84 valence electrons. The van der Waals surface area contributed by atoms with Crippen molar-refractivity contribution >= 4 is 0 Å². The number of methoxy groups -OCH3 is 1. The van der Waals surface area contributed by atoms with Crippen LogP contribution in [0.1, 0.15) is 43.9 Å². The Bertz CT molecular complexity index is 343. The maximum atomic E-state index is 9.90. The number of aliphatic hydroxyl groups excluding tert-OH is 1. The summed E-state index contributed by atoms with van der Waals surface area (Å²) in [4.78, 5) is 0. The van der Waals surface area contributed by atoms with Crippen LogP contribution in [0.15, 0.2) is 12.1 Å². The molecular weight excluding hydrogens is 192 g/mol. The number of hydrogen-bond donors (Lipinski definition) is 2. The molecule has 1 unspecified atom stereocenters. The summed E-state index contributed by atoms with van der Waals surface area (Å²) in [6.07, 6.45) is -0.697. The number of benzene rings is 1. The van der Waals surface area contributed by atoms with Crippen molar-refractivity contribution < 1.29 is 14.9 Å². The monoisotopic (exact) mass is 210 g/mol. The zero-order chi connectivity index (χ0) is 11.6. The number of ether oxygens (including phenoxy) is 1. The Kier molecular flexibility index (Phi) is 3.58. The normalized spacial score (nSPS) is 12.9. The Labute approximate surface area is 90.3 Å². The van der Waals surface area contributed by atoms with Gasteiger partial charge in [-0.2, -0.15) is 0 Å². The minimum Gasteiger partial charge on any atom is -0.504 e. The Morgan fingerprint density at radius 2 is 1.80 bits per heavy atom. The van der Waals surface area contributed by atoms with Crippen LogP contribution in [0, 0.1) is 0 Å². The lowest BCUT2D eigenvalue weighted by Gasteiger charge is -2.18. The molecule has 3 nitrogen and oxygen atoms in total. The zero-order valence-corrected chi connectivity index (χ0v) is 9.61. The van der Waals surface area contributed by atoms with Crippen LogP contribution in [0.4, 0.5) is 0 Å². The SMILES string of the molecule is COc1ccc(C(C)C)c(C(C)O)c1O. The van der Waals surface area contributed by atoms with Crippen LogP contribution in [0.5, 0.6) is 11.5 Å². The highest BCUT2D eigenvalue weighted by Crippen LogP contribution is 2.38. The minimum absolute atomic E-state index is 0.0405. The molecule has 0 saturated carbocycles. The van der Waals surface area contributed by atoms with Crippen LogP contribution in [-0.2, 0) is 0 Å². The van der Waals surface area contributed by atoms with Crippen molar-refractivity contribution in [2.24, 2.45) is 0 Å². The van der Waals surface area contributed by atoms with Gasteiger partial charge in [0.15, 0.2) is 11.5 Å². The fourth-order valence-corrected chi connectivity index (χ4v) is 1.71. The molecule has 0 aliphatic rings. The number of phenolic OH excluding ortho intramolecular Hbond substituents is 1. The van der Waals surface area contributed by atoms with E-state index in [2.05, 4.69) is 0 Å². The molecule has 0 bridgehead atoms. The molecule has 1 aromatic carbocycles. The Morgan fingerprint density at radius 3 is 2.20 bits per heavy atom. The molecule has 0 aliphatic carbocycles. The van der Waals surface area contributed by atoms with Crippen molar-refractivity contribution in [2.45, 2.75) is 32.8 Å². The number of rotatable bonds is 3. The standard InChI is InChI=1S/C12H18O3/c1-7(2)9-5-6-10(15-4)12(14)11(9)8(3)13/h5-8,13-14H,1-4H3. The van der Waals surface area contributed by atoms with Gasteiger partial charge in [-0.3, -0.25) is 0 Å². The summed E-state index contributed by atoms with van der Waals surface area (Å²) in [5, 5.41) is 19.5. The molecule has 0 radical (unpaired) electrons. The first kappa shape index (κ1) is 11.9. The number of aliphatic hydroxyl groups is 1. The predicted molar refractivity (Wildman–Crippen MR) is 59.4 cm³/mol. The molecule has 15 heavy (non-hydrogen) atoms. The fraction of sp³-hybridized carbons (Fsp3) is 0.500. The summed E-state index contributed by atoms with van der Waals surface area (Å²) >= 11 is 0. The first-order valence-electron chi connectivity index (χ1n) is 5.06. The summed E-state index contributed by atoms with van der Waals surface area (Å²) in [6, 6.07) is 3.60. The van der Waals surface area contributed by atoms with Gasteiger partial charge in [0.05, 0.1) is 13.2 Å². The zero-order valence-electron chi connectivity index (χ0n) is 9.61. The van der Waals surface area contributed by atoms with Crippen LogP contribution in [0.3, 0.4) is 0 Å². The summed E-state index contributed by atoms with van der Waals surface area (Å²) in [6.45, 7) is 5.68. The molecule has 0 amide bonds. The van der Waals surface area contributed by atoms with Crippen molar-refractivity contribution in [3.05, 3.63) is 23.3 Å². The van der Waals surface area contributed by atoms with E-state index in [1.165, 1.54) is 7.11 Å². The third-order valence-electron chi connectivity index (χ3n) is 2.47. The molecule has 2 N–H and O–H groups in total. The Morgan fingerprint density at radius 1 is 1.20 bits per heavy atom. The first-order valence-corrected chi connectivity index (χ1v) is 5.06. The van der Waals surface area contributed by atoms with E-state index < -0.39 is 6.10 Å². The Balaban J connectivity index is 3.37. The smallest absolute Gasteiger partial charge is 0.163 e. The molecule has 1 aromatic rings. The summed E-state index contributed by atoms with van der Waals surface area (Å²) in [5.41, 5.74) is 1.51. The van der Waals surface area contributed by atoms with Crippen LogP contribution < -0.4 is 4.74 Å². The summed E-state index contributed by atoms with van der Waals surface area (Å²) < 4.78 is 5.01. The van der Waals surface area contributed by atoms with E-state index in [9.17, 15) is 10.2 Å². The predicted octanol–water partition coefficient (Wildman–Crippen LogP) is 2.58. The largest absolute Gasteiger partial charge is 0.504 e. The molecule has 0 saturated heterocycles. The average Bonchev–Trinajstić information content (AvgIpc) is 2.16. The van der Waals surface area contributed by atoms with E-state index in [-0.39, 0.29) is 11.7 Å². The highest BCUT2D eigenvalue weighted by atomic mass is 16.5. The van der Waals surface area contributed by atoms with E-state index >= 15 is 0 Å². The van der Waals surface area contributed by atoms with Gasteiger partial charge in [-0.1, -0.05) is 19.9 Å². The quantitative estimate of drug-likeness (QED) is 0.806. The topological polar surface area (TPSA) is 49.7 Å².